The van der Waals surface area contributed by atoms with Crippen LogP contribution < -0.4 is 5.32 Å². The van der Waals surface area contributed by atoms with E-state index in [0.29, 0.717) is 5.92 Å². The van der Waals surface area contributed by atoms with Crippen molar-refractivity contribution in [3.8, 4) is 11.1 Å². The van der Waals surface area contributed by atoms with Crippen molar-refractivity contribution in [3.05, 3.63) is 40.6 Å². The first-order valence-corrected chi connectivity index (χ1v) is 8.02. The van der Waals surface area contributed by atoms with Gasteiger partial charge in [0.25, 0.3) is 0 Å². The number of hydrogen-bond donors (Lipinski definition) is 1. The maximum Gasteiger partial charge on any atom is 0.0672 e. The van der Waals surface area contributed by atoms with E-state index in [0.717, 1.165) is 23.3 Å². The van der Waals surface area contributed by atoms with Crippen molar-refractivity contribution in [2.24, 2.45) is 5.92 Å². The Morgan fingerprint density at radius 3 is 2.85 bits per heavy atom. The number of nitrogens with zero attached hydrogens (tertiary/aromatic N) is 2. The van der Waals surface area contributed by atoms with Gasteiger partial charge in [-0.1, -0.05) is 28.1 Å². The second kappa shape index (κ2) is 6.10. The molecule has 2 aromatic rings. The van der Waals surface area contributed by atoms with E-state index in [1.54, 1.807) is 0 Å². The maximum absolute atomic E-state index is 4.68. The molecule has 0 radical (unpaired) electrons. The molecule has 1 aromatic carbocycles. The first-order chi connectivity index (χ1) is 9.72. The normalized spacial score (nSPS) is 19.2. The van der Waals surface area contributed by atoms with Crippen molar-refractivity contribution < 1.29 is 0 Å². The maximum atomic E-state index is 4.68. The average Bonchev–Trinajstić information content (AvgIpc) is 2.81. The molecule has 1 fully saturated rings. The van der Waals surface area contributed by atoms with Crippen LogP contribution in [0.25, 0.3) is 11.1 Å². The molecule has 1 N–H and O–H groups in total. The number of rotatable bonds is 3. The van der Waals surface area contributed by atoms with E-state index in [9.17, 15) is 0 Å². The first-order valence-electron chi connectivity index (χ1n) is 7.23. The Balaban J connectivity index is 1.78. The molecule has 1 aromatic heterocycles. The molecule has 20 heavy (non-hydrogen) atoms. The van der Waals surface area contributed by atoms with E-state index in [1.807, 2.05) is 0 Å². The minimum Gasteiger partial charge on any atom is -0.316 e. The average molecular weight is 334 g/mol. The van der Waals surface area contributed by atoms with Gasteiger partial charge in [0.2, 0.25) is 0 Å². The number of halogens is 1. The third-order valence-corrected chi connectivity index (χ3v) is 4.47. The van der Waals surface area contributed by atoms with Crippen LogP contribution in [0.4, 0.5) is 0 Å². The monoisotopic (exact) mass is 333 g/mol. The van der Waals surface area contributed by atoms with Gasteiger partial charge in [-0.05, 0) is 56.5 Å². The molecule has 0 amide bonds. The standard InChI is InChI=1S/C16H20BrN3/c1-12-16(14-4-6-15(17)7-5-14)11-20(19-12)10-13-3-2-8-18-9-13/h4-7,11,13,18H,2-3,8-10H2,1H3. The summed E-state index contributed by atoms with van der Waals surface area (Å²) in [5.41, 5.74) is 3.58. The molecule has 3 rings (SSSR count). The number of aromatic nitrogens is 2. The van der Waals surface area contributed by atoms with Gasteiger partial charge in [-0.15, -0.1) is 0 Å². The Bertz CT molecular complexity index is 568. The predicted molar refractivity (Wildman–Crippen MR) is 85.7 cm³/mol. The van der Waals surface area contributed by atoms with E-state index in [2.05, 4.69) is 68.4 Å². The third kappa shape index (κ3) is 3.13. The van der Waals surface area contributed by atoms with Gasteiger partial charge in [0.1, 0.15) is 0 Å². The van der Waals surface area contributed by atoms with E-state index < -0.39 is 0 Å². The zero-order valence-electron chi connectivity index (χ0n) is 11.8. The van der Waals surface area contributed by atoms with Crippen LogP contribution in [0.2, 0.25) is 0 Å². The molecule has 1 saturated heterocycles. The van der Waals surface area contributed by atoms with E-state index >= 15 is 0 Å². The Kier molecular flexibility index (Phi) is 4.22. The summed E-state index contributed by atoms with van der Waals surface area (Å²) in [6.45, 7) is 5.39. The summed E-state index contributed by atoms with van der Waals surface area (Å²) in [5.74, 6) is 0.709. The van der Waals surface area contributed by atoms with Crippen molar-refractivity contribution in [3.63, 3.8) is 0 Å². The van der Waals surface area contributed by atoms with Gasteiger partial charge >= 0.3 is 0 Å². The fraction of sp³-hybridized carbons (Fsp3) is 0.438. The van der Waals surface area contributed by atoms with Gasteiger partial charge in [-0.2, -0.15) is 5.10 Å². The Labute approximate surface area is 128 Å². The van der Waals surface area contributed by atoms with Crippen LogP contribution in [0, 0.1) is 12.8 Å². The SMILES string of the molecule is Cc1nn(CC2CCCNC2)cc1-c1ccc(Br)cc1. The predicted octanol–water partition coefficient (Wildman–Crippen LogP) is 3.62. The molecule has 0 saturated carbocycles. The zero-order chi connectivity index (χ0) is 13.9. The second-order valence-electron chi connectivity index (χ2n) is 5.57. The van der Waals surface area contributed by atoms with Crippen molar-refractivity contribution >= 4 is 15.9 Å². The van der Waals surface area contributed by atoms with Gasteiger partial charge in [-0.25, -0.2) is 0 Å². The van der Waals surface area contributed by atoms with E-state index in [-0.39, 0.29) is 0 Å². The summed E-state index contributed by atoms with van der Waals surface area (Å²) in [6, 6.07) is 8.44. The summed E-state index contributed by atoms with van der Waals surface area (Å²) >= 11 is 3.48. The molecule has 1 aliphatic heterocycles. The van der Waals surface area contributed by atoms with Crippen LogP contribution in [-0.4, -0.2) is 22.9 Å². The minimum atomic E-state index is 0.709. The molecule has 3 nitrogen and oxygen atoms in total. The number of hydrogen-bond acceptors (Lipinski definition) is 2. The molecule has 1 atom stereocenters. The first kappa shape index (κ1) is 13.8. The topological polar surface area (TPSA) is 29.9 Å². The van der Waals surface area contributed by atoms with Crippen LogP contribution >= 0.6 is 15.9 Å². The van der Waals surface area contributed by atoms with Crippen LogP contribution in [0.5, 0.6) is 0 Å². The van der Waals surface area contributed by atoms with Gasteiger partial charge < -0.3 is 5.32 Å². The summed E-state index contributed by atoms with van der Waals surface area (Å²) < 4.78 is 3.23. The summed E-state index contributed by atoms with van der Waals surface area (Å²) in [4.78, 5) is 0. The lowest BCUT2D eigenvalue weighted by atomic mass is 10.00. The quantitative estimate of drug-likeness (QED) is 0.929. The fourth-order valence-corrected chi connectivity index (χ4v) is 3.13. The molecule has 1 aliphatic rings. The van der Waals surface area contributed by atoms with Crippen LogP contribution in [0.1, 0.15) is 18.5 Å². The molecule has 4 heteroatoms. The highest BCUT2D eigenvalue weighted by Gasteiger charge is 2.15. The van der Waals surface area contributed by atoms with Crippen molar-refractivity contribution in [1.29, 1.82) is 0 Å². The Morgan fingerprint density at radius 2 is 2.15 bits per heavy atom. The molecule has 2 heterocycles. The Morgan fingerprint density at radius 1 is 1.35 bits per heavy atom. The zero-order valence-corrected chi connectivity index (χ0v) is 13.4. The highest BCUT2D eigenvalue weighted by molar-refractivity contribution is 9.10. The van der Waals surface area contributed by atoms with Crippen LogP contribution in [0.15, 0.2) is 34.9 Å². The molecule has 106 valence electrons. The van der Waals surface area contributed by atoms with Crippen LogP contribution in [0.3, 0.4) is 0 Å². The van der Waals surface area contributed by atoms with Crippen molar-refractivity contribution in [1.82, 2.24) is 15.1 Å². The Hall–Kier alpha value is -1.13. The number of nitrogens with one attached hydrogen (secondary N) is 1. The lowest BCUT2D eigenvalue weighted by Crippen LogP contribution is -2.32. The van der Waals surface area contributed by atoms with Gasteiger partial charge in [0, 0.05) is 22.8 Å². The highest BCUT2D eigenvalue weighted by Crippen LogP contribution is 2.25. The number of aryl methyl sites for hydroxylation is 1. The van der Waals surface area contributed by atoms with Gasteiger partial charge in [-0.3, -0.25) is 4.68 Å². The second-order valence-corrected chi connectivity index (χ2v) is 6.49. The lowest BCUT2D eigenvalue weighted by Gasteiger charge is -2.22. The summed E-state index contributed by atoms with van der Waals surface area (Å²) in [6.07, 6.45) is 4.77. The van der Waals surface area contributed by atoms with Gasteiger partial charge in [0.05, 0.1) is 5.69 Å². The smallest absolute Gasteiger partial charge is 0.0672 e. The minimum absolute atomic E-state index is 0.709. The summed E-state index contributed by atoms with van der Waals surface area (Å²) in [5, 5.41) is 8.15. The van der Waals surface area contributed by atoms with Crippen molar-refractivity contribution in [2.45, 2.75) is 26.3 Å². The summed E-state index contributed by atoms with van der Waals surface area (Å²) in [7, 11) is 0. The largest absolute Gasteiger partial charge is 0.316 e. The highest BCUT2D eigenvalue weighted by atomic mass is 79.9. The molecular weight excluding hydrogens is 314 g/mol. The molecule has 0 aliphatic carbocycles. The van der Waals surface area contributed by atoms with E-state index in [1.165, 1.54) is 30.5 Å². The van der Waals surface area contributed by atoms with Crippen LogP contribution in [-0.2, 0) is 6.54 Å². The molecule has 0 bridgehead atoms. The number of piperidine rings is 1. The lowest BCUT2D eigenvalue weighted by molar-refractivity contribution is 0.325. The third-order valence-electron chi connectivity index (χ3n) is 3.95. The van der Waals surface area contributed by atoms with E-state index in [4.69, 9.17) is 0 Å². The molecular formula is C16H20BrN3. The number of benzene rings is 1. The fourth-order valence-electron chi connectivity index (χ4n) is 2.87. The van der Waals surface area contributed by atoms with Gasteiger partial charge in [0.15, 0.2) is 0 Å². The van der Waals surface area contributed by atoms with Crippen molar-refractivity contribution in [2.75, 3.05) is 13.1 Å². The molecule has 0 spiro atoms. The molecule has 1 unspecified atom stereocenters.